The van der Waals surface area contributed by atoms with Crippen molar-refractivity contribution in [1.82, 2.24) is 0 Å². The summed E-state index contributed by atoms with van der Waals surface area (Å²) in [6.45, 7) is 2.24. The monoisotopic (exact) mass is 183 g/mol. The van der Waals surface area contributed by atoms with Crippen molar-refractivity contribution in [3.8, 4) is 0 Å². The zero-order valence-electron chi connectivity index (χ0n) is 7.28. The first kappa shape index (κ1) is 9.37. The molecule has 0 spiro atoms. The van der Waals surface area contributed by atoms with Gasteiger partial charge in [-0.25, -0.2) is 0 Å². The summed E-state index contributed by atoms with van der Waals surface area (Å²) >= 11 is 0. The van der Waals surface area contributed by atoms with E-state index >= 15 is 0 Å². The van der Waals surface area contributed by atoms with E-state index in [0.29, 0.717) is 6.61 Å². The molecule has 1 unspecified atom stereocenters. The Morgan fingerprint density at radius 1 is 1.42 bits per heavy atom. The molecule has 0 amide bonds. The topological polar surface area (TPSA) is 26.3 Å². The predicted octanol–water partition coefficient (Wildman–Crippen LogP) is 1.92. The van der Waals surface area contributed by atoms with E-state index < -0.39 is 7.80 Å². The van der Waals surface area contributed by atoms with Gasteiger partial charge >= 0.3 is 7.80 Å². The van der Waals surface area contributed by atoms with E-state index in [1.165, 1.54) is 0 Å². The molecule has 0 aliphatic heterocycles. The van der Waals surface area contributed by atoms with Gasteiger partial charge in [0.15, 0.2) is 5.30 Å². The number of benzene rings is 1. The SMILES string of the molecule is COCc1ccccc1[P+](C)=O. The Bertz CT molecular complexity index is 284. The van der Waals surface area contributed by atoms with Crippen LogP contribution in [-0.2, 0) is 15.9 Å². The lowest BCUT2D eigenvalue weighted by atomic mass is 10.2. The maximum absolute atomic E-state index is 11.2. The number of hydrogen-bond donors (Lipinski definition) is 0. The molecule has 1 aromatic rings. The van der Waals surface area contributed by atoms with Crippen molar-refractivity contribution in [2.45, 2.75) is 6.61 Å². The highest BCUT2D eigenvalue weighted by atomic mass is 31.1. The van der Waals surface area contributed by atoms with E-state index in [4.69, 9.17) is 4.74 Å². The first-order valence-electron chi connectivity index (χ1n) is 3.73. The predicted molar refractivity (Wildman–Crippen MR) is 50.3 cm³/mol. The van der Waals surface area contributed by atoms with Crippen molar-refractivity contribution in [1.29, 1.82) is 0 Å². The van der Waals surface area contributed by atoms with Gasteiger partial charge < -0.3 is 4.74 Å². The fourth-order valence-corrected chi connectivity index (χ4v) is 1.94. The molecule has 0 saturated carbocycles. The van der Waals surface area contributed by atoms with Crippen molar-refractivity contribution in [3.05, 3.63) is 29.8 Å². The minimum Gasteiger partial charge on any atom is -0.380 e. The van der Waals surface area contributed by atoms with Gasteiger partial charge in [0.1, 0.15) is 6.66 Å². The summed E-state index contributed by atoms with van der Waals surface area (Å²) < 4.78 is 16.2. The summed E-state index contributed by atoms with van der Waals surface area (Å²) in [4.78, 5) is 0. The molecule has 3 heteroatoms. The van der Waals surface area contributed by atoms with Gasteiger partial charge in [-0.3, -0.25) is 0 Å². The Morgan fingerprint density at radius 3 is 2.67 bits per heavy atom. The highest BCUT2D eigenvalue weighted by Crippen LogP contribution is 2.16. The lowest BCUT2D eigenvalue weighted by Crippen LogP contribution is -2.05. The van der Waals surface area contributed by atoms with Crippen molar-refractivity contribution < 1.29 is 9.30 Å². The van der Waals surface area contributed by atoms with Gasteiger partial charge in [0.05, 0.1) is 6.61 Å². The first-order chi connectivity index (χ1) is 5.75. The van der Waals surface area contributed by atoms with E-state index in [1.807, 2.05) is 24.3 Å². The normalized spacial score (nSPS) is 11.3. The maximum atomic E-state index is 11.2. The number of methoxy groups -OCH3 is 1. The van der Waals surface area contributed by atoms with Crippen LogP contribution in [0.4, 0.5) is 0 Å². The number of hydrogen-bond acceptors (Lipinski definition) is 2. The third kappa shape index (κ3) is 2.13. The van der Waals surface area contributed by atoms with Crippen LogP contribution in [0, 0.1) is 0 Å². The van der Waals surface area contributed by atoms with E-state index in [2.05, 4.69) is 0 Å². The molecular weight excluding hydrogens is 171 g/mol. The second-order valence-electron chi connectivity index (χ2n) is 2.56. The molecule has 0 heterocycles. The Labute approximate surface area is 73.3 Å². The standard InChI is InChI=1S/C9H12O2P/c1-11-7-8-5-3-4-6-9(8)12(2)10/h3-6H,7H2,1-2H3/q+1. The molecule has 0 aliphatic rings. The Morgan fingerprint density at radius 2 is 2.08 bits per heavy atom. The molecule has 1 atom stereocenters. The van der Waals surface area contributed by atoms with Crippen molar-refractivity contribution in [2.24, 2.45) is 0 Å². The van der Waals surface area contributed by atoms with Crippen molar-refractivity contribution in [2.75, 3.05) is 13.8 Å². The van der Waals surface area contributed by atoms with E-state index in [-0.39, 0.29) is 0 Å². The van der Waals surface area contributed by atoms with Crippen LogP contribution < -0.4 is 5.30 Å². The molecule has 64 valence electrons. The van der Waals surface area contributed by atoms with Crippen LogP contribution in [0.2, 0.25) is 0 Å². The van der Waals surface area contributed by atoms with Gasteiger partial charge in [-0.15, -0.1) is 0 Å². The van der Waals surface area contributed by atoms with Gasteiger partial charge in [-0.1, -0.05) is 22.8 Å². The largest absolute Gasteiger partial charge is 0.380 e. The highest BCUT2D eigenvalue weighted by molar-refractivity contribution is 7.52. The van der Waals surface area contributed by atoms with Crippen molar-refractivity contribution >= 4 is 13.1 Å². The average molecular weight is 183 g/mol. The fraction of sp³-hybridized carbons (Fsp3) is 0.333. The molecule has 0 bridgehead atoms. The molecule has 0 radical (unpaired) electrons. The molecule has 0 fully saturated rings. The molecule has 0 aromatic heterocycles. The van der Waals surface area contributed by atoms with E-state index in [1.54, 1.807) is 13.8 Å². The van der Waals surface area contributed by atoms with Crippen LogP contribution in [0.15, 0.2) is 24.3 Å². The molecule has 1 rings (SSSR count). The zero-order valence-corrected chi connectivity index (χ0v) is 8.17. The minimum atomic E-state index is -1.26. The fourth-order valence-electron chi connectivity index (χ4n) is 1.10. The van der Waals surface area contributed by atoms with Gasteiger partial charge in [0.25, 0.3) is 0 Å². The van der Waals surface area contributed by atoms with E-state index in [0.717, 1.165) is 10.9 Å². The molecule has 0 N–H and O–H groups in total. The molecule has 12 heavy (non-hydrogen) atoms. The number of rotatable bonds is 3. The summed E-state index contributed by atoms with van der Waals surface area (Å²) in [5.41, 5.74) is 1.02. The van der Waals surface area contributed by atoms with Crippen LogP contribution in [-0.4, -0.2) is 13.8 Å². The molecule has 0 saturated heterocycles. The van der Waals surface area contributed by atoms with Gasteiger partial charge in [0.2, 0.25) is 0 Å². The lowest BCUT2D eigenvalue weighted by molar-refractivity contribution is 0.185. The third-order valence-corrected chi connectivity index (χ3v) is 2.75. The van der Waals surface area contributed by atoms with Crippen LogP contribution in [0.1, 0.15) is 5.56 Å². The first-order valence-corrected chi connectivity index (χ1v) is 5.44. The molecular formula is C9H12O2P+. The highest BCUT2D eigenvalue weighted by Gasteiger charge is 2.15. The van der Waals surface area contributed by atoms with Crippen LogP contribution >= 0.6 is 7.80 Å². The summed E-state index contributed by atoms with van der Waals surface area (Å²) in [5, 5.41) is 0.898. The lowest BCUT2D eigenvalue weighted by Gasteiger charge is -1.97. The molecule has 0 aliphatic carbocycles. The van der Waals surface area contributed by atoms with Crippen molar-refractivity contribution in [3.63, 3.8) is 0 Å². The zero-order chi connectivity index (χ0) is 8.97. The Kier molecular flexibility index (Phi) is 3.39. The quantitative estimate of drug-likeness (QED) is 0.669. The summed E-state index contributed by atoms with van der Waals surface area (Å²) in [6, 6.07) is 7.64. The summed E-state index contributed by atoms with van der Waals surface area (Å²) in [7, 11) is 0.380. The third-order valence-electron chi connectivity index (χ3n) is 1.63. The van der Waals surface area contributed by atoms with Gasteiger partial charge in [-0.05, 0) is 6.07 Å². The van der Waals surface area contributed by atoms with E-state index in [9.17, 15) is 4.57 Å². The number of ether oxygens (including phenoxy) is 1. The smallest absolute Gasteiger partial charge is 0.374 e. The van der Waals surface area contributed by atoms with Crippen LogP contribution in [0.25, 0.3) is 0 Å². The second kappa shape index (κ2) is 4.34. The Balaban J connectivity index is 3.00. The average Bonchev–Trinajstić information content (AvgIpc) is 2.05. The van der Waals surface area contributed by atoms with Gasteiger partial charge in [-0.2, -0.15) is 0 Å². The summed E-state index contributed by atoms with van der Waals surface area (Å²) in [6.07, 6.45) is 0. The van der Waals surface area contributed by atoms with Crippen LogP contribution in [0.3, 0.4) is 0 Å². The Hall–Kier alpha value is -0.720. The maximum Gasteiger partial charge on any atom is 0.374 e. The minimum absolute atomic E-state index is 0.533. The van der Waals surface area contributed by atoms with Crippen LogP contribution in [0.5, 0.6) is 0 Å². The van der Waals surface area contributed by atoms with Gasteiger partial charge in [0, 0.05) is 12.7 Å². The summed E-state index contributed by atoms with van der Waals surface area (Å²) in [5.74, 6) is 0. The molecule has 2 nitrogen and oxygen atoms in total. The molecule has 1 aromatic carbocycles. The second-order valence-corrected chi connectivity index (χ2v) is 4.04.